The van der Waals surface area contributed by atoms with E-state index in [2.05, 4.69) is 35.0 Å². The summed E-state index contributed by atoms with van der Waals surface area (Å²) in [5.74, 6) is 0. The first-order valence-electron chi connectivity index (χ1n) is 7.64. The van der Waals surface area contributed by atoms with E-state index in [-0.39, 0.29) is 0 Å². The molecule has 1 aromatic heterocycles. The van der Waals surface area contributed by atoms with Crippen molar-refractivity contribution in [3.05, 3.63) is 21.3 Å². The molecule has 1 aliphatic rings. The smallest absolute Gasteiger partial charge is 0.0931 e. The average Bonchev–Trinajstić information content (AvgIpc) is 3.06. The van der Waals surface area contributed by atoms with Gasteiger partial charge in [-0.25, -0.2) is 0 Å². The molecule has 0 spiro atoms. The molecule has 0 aliphatic carbocycles. The predicted molar refractivity (Wildman–Crippen MR) is 88.8 cm³/mol. The van der Waals surface area contributed by atoms with Crippen molar-refractivity contribution in [1.29, 1.82) is 0 Å². The largest absolute Gasteiger partial charge is 0.311 e. The highest BCUT2D eigenvalue weighted by molar-refractivity contribution is 7.16. The van der Waals surface area contributed by atoms with Crippen molar-refractivity contribution in [2.45, 2.75) is 32.9 Å². The van der Waals surface area contributed by atoms with Gasteiger partial charge >= 0.3 is 0 Å². The van der Waals surface area contributed by atoms with Crippen LogP contribution in [0.2, 0.25) is 4.34 Å². The van der Waals surface area contributed by atoms with Crippen LogP contribution in [0.3, 0.4) is 0 Å². The van der Waals surface area contributed by atoms with Crippen LogP contribution >= 0.6 is 22.9 Å². The molecule has 1 saturated heterocycles. The van der Waals surface area contributed by atoms with Gasteiger partial charge in [-0.1, -0.05) is 25.4 Å². The van der Waals surface area contributed by atoms with Crippen molar-refractivity contribution in [3.8, 4) is 0 Å². The van der Waals surface area contributed by atoms with Crippen LogP contribution in [0.4, 0.5) is 0 Å². The molecule has 0 amide bonds. The van der Waals surface area contributed by atoms with Gasteiger partial charge in [0.15, 0.2) is 0 Å². The Morgan fingerprint density at radius 1 is 1.40 bits per heavy atom. The quantitative estimate of drug-likeness (QED) is 0.744. The summed E-state index contributed by atoms with van der Waals surface area (Å²) in [6.07, 6.45) is 1.32. The minimum atomic E-state index is 0.765. The van der Waals surface area contributed by atoms with Crippen molar-refractivity contribution in [3.63, 3.8) is 0 Å². The Hall–Kier alpha value is -0.130. The van der Waals surface area contributed by atoms with Crippen molar-refractivity contribution in [1.82, 2.24) is 15.1 Å². The monoisotopic (exact) mass is 315 g/mol. The normalized spacial score (nSPS) is 20.1. The topological polar surface area (TPSA) is 18.5 Å². The molecule has 1 unspecified atom stereocenters. The molecule has 20 heavy (non-hydrogen) atoms. The first kappa shape index (κ1) is 16.2. The molecule has 1 atom stereocenters. The molecule has 3 nitrogen and oxygen atoms in total. The number of halogens is 1. The maximum Gasteiger partial charge on any atom is 0.0931 e. The van der Waals surface area contributed by atoms with Crippen LogP contribution in [0.1, 0.15) is 25.1 Å². The Morgan fingerprint density at radius 2 is 2.20 bits per heavy atom. The van der Waals surface area contributed by atoms with Gasteiger partial charge in [-0.05, 0) is 38.2 Å². The number of nitrogens with one attached hydrogen (secondary N) is 1. The molecule has 0 saturated carbocycles. The molecule has 114 valence electrons. The third kappa shape index (κ3) is 4.71. The third-order valence-corrected chi connectivity index (χ3v) is 5.34. The predicted octanol–water partition coefficient (Wildman–Crippen LogP) is 2.91. The van der Waals surface area contributed by atoms with E-state index in [1.807, 2.05) is 6.07 Å². The highest BCUT2D eigenvalue weighted by atomic mass is 35.5. The molecule has 1 fully saturated rings. The zero-order valence-electron chi connectivity index (χ0n) is 12.6. The van der Waals surface area contributed by atoms with Gasteiger partial charge in [0.2, 0.25) is 0 Å². The minimum absolute atomic E-state index is 0.765. The molecular formula is C15H26ClN3S. The number of likely N-dealkylation sites (N-methyl/N-ethyl adjacent to an activating group) is 1. The molecule has 1 aromatic rings. The molecule has 0 bridgehead atoms. The lowest BCUT2D eigenvalue weighted by molar-refractivity contribution is 0.211. The maximum absolute atomic E-state index is 5.93. The molecule has 1 aliphatic heterocycles. The average molecular weight is 316 g/mol. The zero-order chi connectivity index (χ0) is 14.4. The van der Waals surface area contributed by atoms with E-state index in [1.54, 1.807) is 11.3 Å². The van der Waals surface area contributed by atoms with Crippen LogP contribution < -0.4 is 5.32 Å². The lowest BCUT2D eigenvalue weighted by Crippen LogP contribution is -2.38. The van der Waals surface area contributed by atoms with Gasteiger partial charge in [0, 0.05) is 37.1 Å². The lowest BCUT2D eigenvalue weighted by Gasteiger charge is -2.26. The van der Waals surface area contributed by atoms with Gasteiger partial charge in [-0.3, -0.25) is 4.90 Å². The van der Waals surface area contributed by atoms with Crippen molar-refractivity contribution < 1.29 is 0 Å². The number of hydrogen-bond donors (Lipinski definition) is 1. The Balaban J connectivity index is 1.61. The Kier molecular flexibility index (Phi) is 6.78. The van der Waals surface area contributed by atoms with E-state index in [0.29, 0.717) is 0 Å². The molecule has 2 rings (SSSR count). The third-order valence-electron chi connectivity index (χ3n) is 4.11. The molecule has 2 heterocycles. The van der Waals surface area contributed by atoms with E-state index in [0.717, 1.165) is 30.0 Å². The number of likely N-dealkylation sites (tertiary alicyclic amines) is 1. The Morgan fingerprint density at radius 3 is 2.85 bits per heavy atom. The first-order chi connectivity index (χ1) is 9.72. The summed E-state index contributed by atoms with van der Waals surface area (Å²) in [7, 11) is 0. The van der Waals surface area contributed by atoms with Gasteiger partial charge in [0.1, 0.15) is 0 Å². The van der Waals surface area contributed by atoms with E-state index >= 15 is 0 Å². The van der Waals surface area contributed by atoms with Crippen LogP contribution in [-0.2, 0) is 6.54 Å². The lowest BCUT2D eigenvalue weighted by atomic mass is 10.2. The molecular weight excluding hydrogens is 290 g/mol. The summed E-state index contributed by atoms with van der Waals surface area (Å²) >= 11 is 7.59. The standard InChI is InChI=1S/C15H26ClN3S/c1-3-19(4-2)13-7-9-18(12-13)10-8-17-11-14-5-6-15(16)20-14/h5-6,13,17H,3-4,7-12H2,1-2H3. The number of hydrogen-bond acceptors (Lipinski definition) is 4. The molecule has 0 aromatic carbocycles. The van der Waals surface area contributed by atoms with Crippen molar-refractivity contribution >= 4 is 22.9 Å². The van der Waals surface area contributed by atoms with Crippen LogP contribution in [0.5, 0.6) is 0 Å². The van der Waals surface area contributed by atoms with Crippen molar-refractivity contribution in [2.24, 2.45) is 0 Å². The summed E-state index contributed by atoms with van der Waals surface area (Å²) in [6, 6.07) is 4.84. The van der Waals surface area contributed by atoms with Gasteiger partial charge in [-0.15, -0.1) is 11.3 Å². The van der Waals surface area contributed by atoms with E-state index in [1.165, 1.54) is 37.5 Å². The van der Waals surface area contributed by atoms with E-state index in [4.69, 9.17) is 11.6 Å². The van der Waals surface area contributed by atoms with E-state index in [9.17, 15) is 0 Å². The first-order valence-corrected chi connectivity index (χ1v) is 8.83. The van der Waals surface area contributed by atoms with Gasteiger partial charge < -0.3 is 10.2 Å². The fraction of sp³-hybridized carbons (Fsp3) is 0.733. The summed E-state index contributed by atoms with van der Waals surface area (Å²) in [6.45, 7) is 12.5. The highest BCUT2D eigenvalue weighted by Gasteiger charge is 2.25. The van der Waals surface area contributed by atoms with Crippen LogP contribution in [0.25, 0.3) is 0 Å². The fourth-order valence-electron chi connectivity index (χ4n) is 2.95. The molecule has 5 heteroatoms. The SMILES string of the molecule is CCN(CC)C1CCN(CCNCc2ccc(Cl)s2)C1. The minimum Gasteiger partial charge on any atom is -0.311 e. The van der Waals surface area contributed by atoms with Gasteiger partial charge in [0.05, 0.1) is 4.34 Å². The van der Waals surface area contributed by atoms with E-state index < -0.39 is 0 Å². The second-order valence-corrected chi connectivity index (χ2v) is 7.15. The van der Waals surface area contributed by atoms with Crippen LogP contribution in [-0.4, -0.2) is 55.1 Å². The second-order valence-electron chi connectivity index (χ2n) is 5.35. The zero-order valence-corrected chi connectivity index (χ0v) is 14.1. The highest BCUT2D eigenvalue weighted by Crippen LogP contribution is 2.21. The Labute approximate surface area is 131 Å². The van der Waals surface area contributed by atoms with Gasteiger partial charge in [-0.2, -0.15) is 0 Å². The summed E-state index contributed by atoms with van der Waals surface area (Å²) in [5.41, 5.74) is 0. The Bertz CT molecular complexity index is 392. The maximum atomic E-state index is 5.93. The summed E-state index contributed by atoms with van der Waals surface area (Å²) in [4.78, 5) is 6.48. The van der Waals surface area contributed by atoms with Crippen molar-refractivity contribution in [2.75, 3.05) is 39.3 Å². The number of rotatable bonds is 8. The summed E-state index contributed by atoms with van der Waals surface area (Å²) in [5, 5.41) is 3.51. The van der Waals surface area contributed by atoms with Gasteiger partial charge in [0.25, 0.3) is 0 Å². The fourth-order valence-corrected chi connectivity index (χ4v) is 4.01. The second kappa shape index (κ2) is 8.35. The molecule has 0 radical (unpaired) electrons. The number of nitrogens with zero attached hydrogens (tertiary/aromatic N) is 2. The molecule has 1 N–H and O–H groups in total. The number of thiophene rings is 1. The summed E-state index contributed by atoms with van der Waals surface area (Å²) < 4.78 is 0.878. The van der Waals surface area contributed by atoms with Crippen LogP contribution in [0.15, 0.2) is 12.1 Å². The van der Waals surface area contributed by atoms with Crippen LogP contribution in [0, 0.1) is 0 Å².